The number of H-pyrrole nitrogens is 1. The highest BCUT2D eigenvalue weighted by Crippen LogP contribution is 2.27. The Balaban J connectivity index is 2.33. The third-order valence-corrected chi connectivity index (χ3v) is 2.63. The Kier molecular flexibility index (Phi) is 2.69. The fourth-order valence-electron chi connectivity index (χ4n) is 1.23. The zero-order valence-corrected chi connectivity index (χ0v) is 9.39. The molecule has 1 atom stereocenters. The van der Waals surface area contributed by atoms with Gasteiger partial charge >= 0.3 is 0 Å². The number of ether oxygens (including phenoxy) is 1. The lowest BCUT2D eigenvalue weighted by Crippen LogP contribution is -2.23. The van der Waals surface area contributed by atoms with E-state index < -0.39 is 5.60 Å². The quantitative estimate of drug-likeness (QED) is 0.835. The van der Waals surface area contributed by atoms with Crippen LogP contribution in [0.2, 0.25) is 0 Å². The summed E-state index contributed by atoms with van der Waals surface area (Å²) >= 11 is 0. The zero-order valence-electron chi connectivity index (χ0n) is 9.39. The van der Waals surface area contributed by atoms with Crippen molar-refractivity contribution in [3.63, 3.8) is 0 Å². The molecule has 0 aromatic carbocycles. The minimum Gasteiger partial charge on any atom is -0.369 e. The number of rotatable bonds is 4. The van der Waals surface area contributed by atoms with Gasteiger partial charge in [-0.1, -0.05) is 12.1 Å². The van der Waals surface area contributed by atoms with E-state index in [1.165, 1.54) is 6.33 Å². The average molecular weight is 223 g/mol. The normalized spacial score (nSPS) is 14.9. The molecule has 86 valence electrons. The predicted octanol–water partition coefficient (Wildman–Crippen LogP) is 1.13. The molecule has 0 bridgehead atoms. The molecule has 0 amide bonds. The van der Waals surface area contributed by atoms with Crippen molar-refractivity contribution in [2.45, 2.75) is 25.9 Å². The SMILES string of the molecule is CCC(C)(OC)c1nc(-c2ncn[nH]2)no1. The van der Waals surface area contributed by atoms with Crippen LogP contribution in [0.25, 0.3) is 11.6 Å². The van der Waals surface area contributed by atoms with E-state index in [4.69, 9.17) is 9.26 Å². The first-order valence-corrected chi connectivity index (χ1v) is 4.94. The van der Waals surface area contributed by atoms with Crippen LogP contribution in [-0.2, 0) is 10.3 Å². The fourth-order valence-corrected chi connectivity index (χ4v) is 1.23. The smallest absolute Gasteiger partial charge is 0.258 e. The van der Waals surface area contributed by atoms with Gasteiger partial charge in [0.2, 0.25) is 5.82 Å². The summed E-state index contributed by atoms with van der Waals surface area (Å²) in [4.78, 5) is 8.17. The summed E-state index contributed by atoms with van der Waals surface area (Å²) in [5.74, 6) is 1.29. The highest BCUT2D eigenvalue weighted by atomic mass is 16.5. The van der Waals surface area contributed by atoms with Crippen LogP contribution < -0.4 is 0 Å². The third kappa shape index (κ3) is 1.69. The van der Waals surface area contributed by atoms with E-state index in [0.29, 0.717) is 17.5 Å². The van der Waals surface area contributed by atoms with Crippen LogP contribution in [0.5, 0.6) is 0 Å². The molecular formula is C9H13N5O2. The van der Waals surface area contributed by atoms with Crippen LogP contribution in [0.4, 0.5) is 0 Å². The number of nitrogens with one attached hydrogen (secondary N) is 1. The van der Waals surface area contributed by atoms with Gasteiger partial charge in [0.05, 0.1) is 0 Å². The summed E-state index contributed by atoms with van der Waals surface area (Å²) in [6.45, 7) is 3.88. The molecule has 7 heteroatoms. The number of aromatic amines is 1. The van der Waals surface area contributed by atoms with Crippen LogP contribution >= 0.6 is 0 Å². The van der Waals surface area contributed by atoms with E-state index in [1.54, 1.807) is 7.11 Å². The van der Waals surface area contributed by atoms with Gasteiger partial charge in [0.1, 0.15) is 11.9 Å². The maximum Gasteiger partial charge on any atom is 0.258 e. The molecule has 0 aliphatic heterocycles. The Morgan fingerprint density at radius 2 is 2.38 bits per heavy atom. The molecule has 2 aromatic heterocycles. The Hall–Kier alpha value is -1.76. The summed E-state index contributed by atoms with van der Waals surface area (Å²) in [6.07, 6.45) is 2.13. The van der Waals surface area contributed by atoms with Gasteiger partial charge in [-0.25, -0.2) is 4.98 Å². The molecule has 2 heterocycles. The average Bonchev–Trinajstić information content (AvgIpc) is 2.97. The molecule has 16 heavy (non-hydrogen) atoms. The maximum absolute atomic E-state index is 5.36. The second kappa shape index (κ2) is 4.01. The van der Waals surface area contributed by atoms with Crippen molar-refractivity contribution in [2.75, 3.05) is 7.11 Å². The minimum absolute atomic E-state index is 0.379. The van der Waals surface area contributed by atoms with E-state index >= 15 is 0 Å². The second-order valence-electron chi connectivity index (χ2n) is 3.55. The van der Waals surface area contributed by atoms with Crippen molar-refractivity contribution in [1.82, 2.24) is 25.3 Å². The monoisotopic (exact) mass is 223 g/mol. The number of hydrogen-bond donors (Lipinski definition) is 1. The second-order valence-corrected chi connectivity index (χ2v) is 3.55. The van der Waals surface area contributed by atoms with Gasteiger partial charge in [-0.2, -0.15) is 10.1 Å². The summed E-state index contributed by atoms with van der Waals surface area (Å²) in [7, 11) is 1.61. The largest absolute Gasteiger partial charge is 0.369 e. The van der Waals surface area contributed by atoms with Crippen molar-refractivity contribution < 1.29 is 9.26 Å². The lowest BCUT2D eigenvalue weighted by molar-refractivity contribution is -0.0272. The lowest BCUT2D eigenvalue weighted by atomic mass is 10.0. The van der Waals surface area contributed by atoms with Crippen molar-refractivity contribution >= 4 is 0 Å². The molecule has 0 spiro atoms. The fraction of sp³-hybridized carbons (Fsp3) is 0.556. The van der Waals surface area contributed by atoms with Crippen LogP contribution in [0.3, 0.4) is 0 Å². The Morgan fingerprint density at radius 1 is 1.56 bits per heavy atom. The summed E-state index contributed by atoms with van der Waals surface area (Å²) in [6, 6.07) is 0. The zero-order chi connectivity index (χ0) is 11.6. The molecule has 7 nitrogen and oxygen atoms in total. The topological polar surface area (TPSA) is 89.7 Å². The molecule has 0 fully saturated rings. The third-order valence-electron chi connectivity index (χ3n) is 2.63. The summed E-state index contributed by atoms with van der Waals surface area (Å²) in [5.41, 5.74) is -0.564. The van der Waals surface area contributed by atoms with E-state index in [2.05, 4.69) is 25.3 Å². The van der Waals surface area contributed by atoms with Crippen molar-refractivity contribution in [3.8, 4) is 11.6 Å². The van der Waals surface area contributed by atoms with E-state index in [0.717, 1.165) is 6.42 Å². The Labute approximate surface area is 92.2 Å². The van der Waals surface area contributed by atoms with E-state index in [9.17, 15) is 0 Å². The minimum atomic E-state index is -0.564. The first-order chi connectivity index (χ1) is 7.69. The van der Waals surface area contributed by atoms with Gasteiger partial charge in [-0.15, -0.1) is 0 Å². The van der Waals surface area contributed by atoms with Crippen LogP contribution in [0.1, 0.15) is 26.2 Å². The number of nitrogens with zero attached hydrogens (tertiary/aromatic N) is 4. The molecule has 0 saturated carbocycles. The molecule has 1 N–H and O–H groups in total. The summed E-state index contributed by atoms with van der Waals surface area (Å²) < 4.78 is 10.5. The van der Waals surface area contributed by atoms with E-state index in [-0.39, 0.29) is 0 Å². The molecule has 0 aliphatic rings. The van der Waals surface area contributed by atoms with Crippen molar-refractivity contribution in [2.24, 2.45) is 0 Å². The lowest BCUT2D eigenvalue weighted by Gasteiger charge is -2.21. The van der Waals surface area contributed by atoms with Crippen LogP contribution in [0.15, 0.2) is 10.9 Å². The molecular weight excluding hydrogens is 210 g/mol. The van der Waals surface area contributed by atoms with Crippen molar-refractivity contribution in [3.05, 3.63) is 12.2 Å². The van der Waals surface area contributed by atoms with Gasteiger partial charge in [0.25, 0.3) is 5.89 Å². The number of methoxy groups -OCH3 is 1. The molecule has 2 aromatic rings. The molecule has 2 rings (SSSR count). The molecule has 0 aliphatic carbocycles. The van der Waals surface area contributed by atoms with Gasteiger partial charge < -0.3 is 9.26 Å². The van der Waals surface area contributed by atoms with Gasteiger partial charge in [0, 0.05) is 7.11 Å². The Morgan fingerprint density at radius 3 is 2.94 bits per heavy atom. The first-order valence-electron chi connectivity index (χ1n) is 4.94. The molecule has 0 saturated heterocycles. The van der Waals surface area contributed by atoms with Gasteiger partial charge in [-0.3, -0.25) is 5.10 Å². The van der Waals surface area contributed by atoms with Gasteiger partial charge in [0.15, 0.2) is 5.82 Å². The number of aromatic nitrogens is 5. The maximum atomic E-state index is 5.36. The van der Waals surface area contributed by atoms with Crippen molar-refractivity contribution in [1.29, 1.82) is 0 Å². The highest BCUT2D eigenvalue weighted by Gasteiger charge is 2.31. The van der Waals surface area contributed by atoms with E-state index in [1.807, 2.05) is 13.8 Å². The first kappa shape index (κ1) is 10.7. The highest BCUT2D eigenvalue weighted by molar-refractivity contribution is 5.39. The molecule has 1 unspecified atom stereocenters. The number of hydrogen-bond acceptors (Lipinski definition) is 6. The molecule has 0 radical (unpaired) electrons. The standard InChI is InChI=1S/C9H13N5O2/c1-4-9(2,15-3)8-12-7(14-16-8)6-10-5-11-13-6/h5H,4H2,1-3H3,(H,10,11,13). The van der Waals surface area contributed by atoms with Crippen LogP contribution in [-0.4, -0.2) is 32.4 Å². The van der Waals surface area contributed by atoms with Crippen LogP contribution in [0, 0.1) is 0 Å². The predicted molar refractivity (Wildman–Crippen MR) is 54.3 cm³/mol. The Bertz CT molecular complexity index is 446. The summed E-state index contributed by atoms with van der Waals surface area (Å²) in [5, 5.41) is 10.2. The van der Waals surface area contributed by atoms with Gasteiger partial charge in [-0.05, 0) is 13.3 Å².